The molecule has 0 aliphatic rings. The van der Waals surface area contributed by atoms with Gasteiger partial charge in [-0.2, -0.15) is 0 Å². The number of hydrogen-bond acceptors (Lipinski definition) is 4. The maximum atomic E-state index is 11.7. The van der Waals surface area contributed by atoms with E-state index in [2.05, 4.69) is 6.58 Å². The second-order valence-electron chi connectivity index (χ2n) is 4.08. The molecule has 0 aliphatic carbocycles. The molecule has 104 valence electrons. The third-order valence-electron chi connectivity index (χ3n) is 2.15. The Balaban J connectivity index is 3.46. The summed E-state index contributed by atoms with van der Waals surface area (Å²) < 4.78 is 23.4. The first-order chi connectivity index (χ1) is 8.64. The van der Waals surface area contributed by atoms with Crippen LogP contribution in [0, 0.1) is 0 Å². The van der Waals surface area contributed by atoms with E-state index in [1.54, 1.807) is 6.92 Å². The van der Waals surface area contributed by atoms with E-state index in [4.69, 9.17) is 16.7 Å². The number of hydrogen-bond donors (Lipinski definition) is 1. The molecule has 0 aromatic heterocycles. The summed E-state index contributed by atoms with van der Waals surface area (Å²) >= 11 is 7.17. The number of carboxylic acid groups (broad SMARTS) is 1. The van der Waals surface area contributed by atoms with Crippen molar-refractivity contribution in [2.75, 3.05) is 12.0 Å². The molecular formula is C12H13ClO4S2. The van der Waals surface area contributed by atoms with E-state index in [1.165, 1.54) is 23.9 Å². The van der Waals surface area contributed by atoms with Gasteiger partial charge in [-0.15, -0.1) is 11.8 Å². The zero-order valence-corrected chi connectivity index (χ0v) is 12.8. The fourth-order valence-electron chi connectivity index (χ4n) is 1.33. The number of halogens is 1. The zero-order valence-electron chi connectivity index (χ0n) is 10.4. The molecule has 0 bridgehead atoms. The number of benzene rings is 1. The summed E-state index contributed by atoms with van der Waals surface area (Å²) in [6.45, 7) is 5.51. The van der Waals surface area contributed by atoms with Crippen LogP contribution in [-0.4, -0.2) is 31.5 Å². The standard InChI is InChI=1S/C12H13ClO4S2/c1-7(2)6-18-11-9(19(3,16)17)5-4-8(10(11)13)12(14)15/h4-5H,1,6H2,2-3H3,(H,14,15). The third-order valence-corrected chi connectivity index (χ3v) is 5.28. The van der Waals surface area contributed by atoms with Gasteiger partial charge in [0.2, 0.25) is 0 Å². The number of carbonyl (C=O) groups is 1. The van der Waals surface area contributed by atoms with Crippen molar-refractivity contribution in [2.24, 2.45) is 0 Å². The highest BCUT2D eigenvalue weighted by atomic mass is 35.5. The second kappa shape index (κ2) is 5.98. The fraction of sp³-hybridized carbons (Fsp3) is 0.250. The van der Waals surface area contributed by atoms with E-state index in [0.717, 1.165) is 11.8 Å². The largest absolute Gasteiger partial charge is 0.478 e. The molecule has 0 atom stereocenters. The van der Waals surface area contributed by atoms with Crippen LogP contribution in [0.2, 0.25) is 5.02 Å². The summed E-state index contributed by atoms with van der Waals surface area (Å²) in [6, 6.07) is 2.47. The molecule has 0 amide bonds. The summed E-state index contributed by atoms with van der Waals surface area (Å²) in [6.07, 6.45) is 1.06. The molecular weight excluding hydrogens is 308 g/mol. The molecule has 1 N–H and O–H groups in total. The third kappa shape index (κ3) is 3.99. The number of aromatic carboxylic acids is 1. The van der Waals surface area contributed by atoms with E-state index in [0.29, 0.717) is 5.75 Å². The highest BCUT2D eigenvalue weighted by molar-refractivity contribution is 8.00. The van der Waals surface area contributed by atoms with Gasteiger partial charge < -0.3 is 5.11 Å². The van der Waals surface area contributed by atoms with Crippen molar-refractivity contribution in [3.8, 4) is 0 Å². The molecule has 1 aromatic carbocycles. The molecule has 0 aliphatic heterocycles. The lowest BCUT2D eigenvalue weighted by Crippen LogP contribution is -2.05. The second-order valence-corrected chi connectivity index (χ2v) is 7.43. The van der Waals surface area contributed by atoms with E-state index in [1.807, 2.05) is 0 Å². The van der Waals surface area contributed by atoms with Crippen molar-refractivity contribution in [1.82, 2.24) is 0 Å². The van der Waals surface area contributed by atoms with E-state index < -0.39 is 15.8 Å². The van der Waals surface area contributed by atoms with Crippen LogP contribution in [0.5, 0.6) is 0 Å². The van der Waals surface area contributed by atoms with Crippen LogP contribution in [0.1, 0.15) is 17.3 Å². The normalized spacial score (nSPS) is 11.3. The monoisotopic (exact) mass is 320 g/mol. The van der Waals surface area contributed by atoms with Gasteiger partial charge in [0.1, 0.15) is 0 Å². The first kappa shape index (κ1) is 16.1. The lowest BCUT2D eigenvalue weighted by molar-refractivity contribution is 0.0696. The quantitative estimate of drug-likeness (QED) is 0.666. The lowest BCUT2D eigenvalue weighted by atomic mass is 10.2. The van der Waals surface area contributed by atoms with Gasteiger partial charge in [0.25, 0.3) is 0 Å². The van der Waals surface area contributed by atoms with Crippen LogP contribution >= 0.6 is 23.4 Å². The van der Waals surface area contributed by atoms with Gasteiger partial charge in [-0.25, -0.2) is 13.2 Å². The molecule has 0 radical (unpaired) electrons. The van der Waals surface area contributed by atoms with Crippen molar-refractivity contribution < 1.29 is 18.3 Å². The molecule has 0 saturated carbocycles. The van der Waals surface area contributed by atoms with Crippen molar-refractivity contribution in [2.45, 2.75) is 16.7 Å². The van der Waals surface area contributed by atoms with Gasteiger partial charge >= 0.3 is 5.97 Å². The molecule has 0 heterocycles. The minimum atomic E-state index is -3.47. The number of thioether (sulfide) groups is 1. The van der Waals surface area contributed by atoms with Gasteiger partial charge in [0.05, 0.1) is 15.5 Å². The van der Waals surface area contributed by atoms with Crippen LogP contribution in [-0.2, 0) is 9.84 Å². The van der Waals surface area contributed by atoms with Crippen LogP contribution in [0.15, 0.2) is 34.1 Å². The molecule has 1 rings (SSSR count). The highest BCUT2D eigenvalue weighted by Gasteiger charge is 2.21. The Morgan fingerprint density at radius 3 is 2.47 bits per heavy atom. The van der Waals surface area contributed by atoms with Crippen LogP contribution in [0.4, 0.5) is 0 Å². The van der Waals surface area contributed by atoms with E-state index >= 15 is 0 Å². The van der Waals surface area contributed by atoms with E-state index in [9.17, 15) is 13.2 Å². The average Bonchev–Trinajstić information content (AvgIpc) is 2.24. The predicted octanol–water partition coefficient (Wildman–Crippen LogP) is 3.11. The zero-order chi connectivity index (χ0) is 14.8. The van der Waals surface area contributed by atoms with Gasteiger partial charge in [0, 0.05) is 16.9 Å². The summed E-state index contributed by atoms with van der Waals surface area (Å²) in [5.74, 6) is -0.729. The van der Waals surface area contributed by atoms with Gasteiger partial charge in [0.15, 0.2) is 9.84 Å². The van der Waals surface area contributed by atoms with Crippen LogP contribution < -0.4 is 0 Å². The average molecular weight is 321 g/mol. The molecule has 7 heteroatoms. The Kier molecular flexibility index (Phi) is 5.06. The SMILES string of the molecule is C=C(C)CSc1c(S(C)(=O)=O)ccc(C(=O)O)c1Cl. The summed E-state index contributed by atoms with van der Waals surface area (Å²) in [5.41, 5.74) is 0.722. The summed E-state index contributed by atoms with van der Waals surface area (Å²) in [4.78, 5) is 11.3. The maximum absolute atomic E-state index is 11.7. The first-order valence-electron chi connectivity index (χ1n) is 5.17. The maximum Gasteiger partial charge on any atom is 0.337 e. The molecule has 0 saturated heterocycles. The van der Waals surface area contributed by atoms with Gasteiger partial charge in [-0.1, -0.05) is 23.8 Å². The number of carboxylic acids is 1. The minimum absolute atomic E-state index is 0.0359. The van der Waals surface area contributed by atoms with Crippen molar-refractivity contribution in [3.63, 3.8) is 0 Å². The highest BCUT2D eigenvalue weighted by Crippen LogP contribution is 2.36. The Hall–Kier alpha value is -0.980. The Morgan fingerprint density at radius 2 is 2.05 bits per heavy atom. The van der Waals surface area contributed by atoms with Gasteiger partial charge in [-0.3, -0.25) is 0 Å². The number of sulfone groups is 1. The smallest absolute Gasteiger partial charge is 0.337 e. The van der Waals surface area contributed by atoms with E-state index in [-0.39, 0.29) is 20.4 Å². The Bertz CT molecular complexity index is 635. The molecule has 0 fully saturated rings. The molecule has 0 spiro atoms. The van der Waals surface area contributed by atoms with Crippen molar-refractivity contribution >= 4 is 39.2 Å². The molecule has 4 nitrogen and oxygen atoms in total. The first-order valence-corrected chi connectivity index (χ1v) is 8.43. The number of rotatable bonds is 5. The van der Waals surface area contributed by atoms with Crippen LogP contribution in [0.3, 0.4) is 0 Å². The van der Waals surface area contributed by atoms with Crippen LogP contribution in [0.25, 0.3) is 0 Å². The Labute approximate surface area is 121 Å². The molecule has 19 heavy (non-hydrogen) atoms. The van der Waals surface area contributed by atoms with Crippen molar-refractivity contribution in [1.29, 1.82) is 0 Å². The van der Waals surface area contributed by atoms with Crippen molar-refractivity contribution in [3.05, 3.63) is 34.9 Å². The fourth-order valence-corrected chi connectivity index (χ4v) is 4.01. The topological polar surface area (TPSA) is 71.4 Å². The lowest BCUT2D eigenvalue weighted by Gasteiger charge is -2.11. The molecule has 0 unspecified atom stereocenters. The summed E-state index contributed by atoms with van der Waals surface area (Å²) in [5, 5.41) is 8.95. The Morgan fingerprint density at radius 1 is 1.47 bits per heavy atom. The molecule has 1 aromatic rings. The predicted molar refractivity (Wildman–Crippen MR) is 77.1 cm³/mol. The summed E-state index contributed by atoms with van der Waals surface area (Å²) in [7, 11) is -3.47. The van der Waals surface area contributed by atoms with Gasteiger partial charge in [-0.05, 0) is 19.1 Å². The minimum Gasteiger partial charge on any atom is -0.478 e.